The smallest absolute Gasteiger partial charge is 0.308 e. The van der Waals surface area contributed by atoms with Crippen LogP contribution in [0.2, 0.25) is 0 Å². The van der Waals surface area contributed by atoms with Gasteiger partial charge in [0, 0.05) is 61.2 Å². The number of hydrogen-bond donors (Lipinski definition) is 1. The molecule has 330 valence electrons. The number of benzene rings is 4. The first-order valence-corrected chi connectivity index (χ1v) is 21.1. The molecule has 0 aliphatic heterocycles. The summed E-state index contributed by atoms with van der Waals surface area (Å²) in [7, 11) is 0. The predicted octanol–water partition coefficient (Wildman–Crippen LogP) is 15.7. The number of fused-ring (bicyclic) bond motifs is 5. The highest BCUT2D eigenvalue weighted by molar-refractivity contribution is 7.27. The molecule has 66 heavy (non-hydrogen) atoms. The first-order valence-electron chi connectivity index (χ1n) is 17.8. The molecule has 0 unspecified atom stereocenters. The molecule has 4 heterocycles. The largest absolute Gasteiger partial charge is 0.419 e. The van der Waals surface area contributed by atoms with Crippen molar-refractivity contribution in [3.63, 3.8) is 0 Å². The minimum absolute atomic E-state index is 0.105. The van der Waals surface area contributed by atoms with Crippen molar-refractivity contribution < 1.29 is 61.5 Å². The van der Waals surface area contributed by atoms with Gasteiger partial charge in [-0.3, -0.25) is 0 Å². The van der Waals surface area contributed by atoms with Crippen LogP contribution in [0.25, 0.3) is 72.7 Å². The standard InChI is InChI=1S/C44H12F14N4S4/c45-35-21(13-61)36(46)40(50)31(39(35)49)19(11-59)33(43(53,54)55)27-7-5-25(65-27)29-9-17-15-1-3-23-18(16(15)2-4-24(17)64-29)10-30(63-23)26-6-8-28(66-26)34(44(56,57)58)20(12-60)32-41(51)37(47)22(14-62)38(48)42(32)52/h1-11,59H/b33-19-,34-20-,59-11?. The van der Waals surface area contributed by atoms with Crippen LogP contribution < -0.4 is 0 Å². The molecule has 8 aromatic rings. The summed E-state index contributed by atoms with van der Waals surface area (Å²) in [5, 5.41) is 37.6. The lowest BCUT2D eigenvalue weighted by atomic mass is 9.96. The number of halogens is 14. The Balaban J connectivity index is 1.20. The summed E-state index contributed by atoms with van der Waals surface area (Å²) in [6.45, 7) is 0. The molecule has 0 saturated heterocycles. The predicted molar refractivity (Wildman–Crippen MR) is 223 cm³/mol. The number of nitrogens with zero attached hydrogens (tertiary/aromatic N) is 3. The molecule has 0 fully saturated rings. The molecular formula is C44H12F14N4S4. The Morgan fingerprint density at radius 3 is 1.23 bits per heavy atom. The van der Waals surface area contributed by atoms with E-state index in [0.717, 1.165) is 53.0 Å². The van der Waals surface area contributed by atoms with Crippen LogP contribution in [0.1, 0.15) is 32.0 Å². The van der Waals surface area contributed by atoms with Crippen LogP contribution in [0.15, 0.2) is 60.7 Å². The van der Waals surface area contributed by atoms with Gasteiger partial charge in [-0.15, -0.1) is 45.3 Å². The van der Waals surface area contributed by atoms with Crippen LogP contribution in [0.3, 0.4) is 0 Å². The Morgan fingerprint density at radius 2 is 0.864 bits per heavy atom. The van der Waals surface area contributed by atoms with Gasteiger partial charge in [-0.05, 0) is 59.3 Å². The normalized spacial score (nSPS) is 12.9. The number of hydrogen-bond acceptors (Lipinski definition) is 8. The fourth-order valence-electron chi connectivity index (χ4n) is 7.15. The van der Waals surface area contributed by atoms with E-state index in [2.05, 4.69) is 0 Å². The van der Waals surface area contributed by atoms with Crippen LogP contribution in [-0.2, 0) is 0 Å². The second-order valence-electron chi connectivity index (χ2n) is 13.6. The van der Waals surface area contributed by atoms with Crippen molar-refractivity contribution >= 4 is 105 Å². The summed E-state index contributed by atoms with van der Waals surface area (Å²) < 4.78 is 207. The van der Waals surface area contributed by atoms with Gasteiger partial charge in [0.1, 0.15) is 29.3 Å². The number of alkyl halides is 6. The number of thiophene rings is 4. The van der Waals surface area contributed by atoms with E-state index in [1.165, 1.54) is 12.1 Å². The molecule has 0 aliphatic rings. The fourth-order valence-corrected chi connectivity index (χ4v) is 11.6. The third-order valence-corrected chi connectivity index (χ3v) is 14.8. The Kier molecular flexibility index (Phi) is 11.4. The molecule has 0 amide bonds. The molecule has 0 spiro atoms. The lowest BCUT2D eigenvalue weighted by Crippen LogP contribution is -2.15. The van der Waals surface area contributed by atoms with Gasteiger partial charge in [0.25, 0.3) is 0 Å². The number of nitriles is 3. The van der Waals surface area contributed by atoms with Crippen LogP contribution in [0, 0.1) is 85.9 Å². The van der Waals surface area contributed by atoms with Gasteiger partial charge in [-0.1, -0.05) is 12.1 Å². The van der Waals surface area contributed by atoms with Crippen molar-refractivity contribution in [3.05, 3.63) is 139 Å². The topological polar surface area (TPSA) is 95.2 Å². The second-order valence-corrected chi connectivity index (χ2v) is 18.0. The Hall–Kier alpha value is -6.90. The lowest BCUT2D eigenvalue weighted by molar-refractivity contribution is -0.0691. The Morgan fingerprint density at radius 1 is 0.470 bits per heavy atom. The molecule has 4 aromatic heterocycles. The van der Waals surface area contributed by atoms with Gasteiger partial charge in [0.2, 0.25) is 0 Å². The van der Waals surface area contributed by atoms with Gasteiger partial charge in [-0.2, -0.15) is 42.1 Å². The second kappa shape index (κ2) is 16.5. The highest BCUT2D eigenvalue weighted by atomic mass is 32.1. The highest BCUT2D eigenvalue weighted by Gasteiger charge is 2.43. The molecule has 1 N–H and O–H groups in total. The van der Waals surface area contributed by atoms with E-state index < -0.39 is 113 Å². The van der Waals surface area contributed by atoms with Crippen molar-refractivity contribution in [2.45, 2.75) is 12.4 Å². The minimum Gasteiger partial charge on any atom is -0.308 e. The third-order valence-electron chi connectivity index (χ3n) is 10.00. The van der Waals surface area contributed by atoms with Crippen molar-refractivity contribution in [2.75, 3.05) is 0 Å². The molecule has 4 aromatic carbocycles. The van der Waals surface area contributed by atoms with E-state index in [1.807, 2.05) is 0 Å². The van der Waals surface area contributed by atoms with Crippen LogP contribution in [-0.4, -0.2) is 18.6 Å². The number of allylic oxidation sites excluding steroid dienone is 4. The van der Waals surface area contributed by atoms with E-state index in [1.54, 1.807) is 36.4 Å². The Labute approximate surface area is 375 Å². The maximum Gasteiger partial charge on any atom is 0.419 e. The van der Waals surface area contributed by atoms with E-state index >= 15 is 0 Å². The molecule has 0 atom stereocenters. The van der Waals surface area contributed by atoms with Gasteiger partial charge < -0.3 is 5.41 Å². The maximum atomic E-state index is 15.0. The molecule has 4 nitrogen and oxygen atoms in total. The molecule has 0 aliphatic carbocycles. The first kappa shape index (κ1) is 45.7. The fraction of sp³-hybridized carbons (Fsp3) is 0.0455. The Bertz CT molecular complexity index is 3560. The van der Waals surface area contributed by atoms with E-state index in [4.69, 9.17) is 15.9 Å². The van der Waals surface area contributed by atoms with E-state index in [9.17, 15) is 66.7 Å². The zero-order chi connectivity index (χ0) is 47.9. The summed E-state index contributed by atoms with van der Waals surface area (Å²) in [5.41, 5.74) is -14.2. The summed E-state index contributed by atoms with van der Waals surface area (Å²) in [6, 6.07) is 17.3. The SMILES string of the molecule is N#C/C(=C(\c1ccc(-c2cc3c(ccc4c5cc(-c6ccc(/C(=C(\C=N)c7c(F)c(F)c(C#N)c(F)c7F)C(F)(F)F)s6)sc5ccc34)s2)s1)C(F)(F)F)c1c(F)c(F)c(C#N)c(F)c1F. The van der Waals surface area contributed by atoms with Crippen LogP contribution in [0.4, 0.5) is 61.5 Å². The van der Waals surface area contributed by atoms with Gasteiger partial charge >= 0.3 is 12.4 Å². The lowest BCUT2D eigenvalue weighted by Gasteiger charge is -2.16. The third kappa shape index (κ3) is 7.28. The first-order chi connectivity index (χ1) is 31.2. The highest BCUT2D eigenvalue weighted by Crippen LogP contribution is 2.50. The zero-order valence-electron chi connectivity index (χ0n) is 31.6. The minimum atomic E-state index is -5.49. The summed E-state index contributed by atoms with van der Waals surface area (Å²) in [4.78, 5) is -0.224. The number of rotatable bonds is 7. The molecule has 0 saturated carbocycles. The molecule has 0 radical (unpaired) electrons. The van der Waals surface area contributed by atoms with E-state index in [0.29, 0.717) is 63.4 Å². The molecule has 22 heteroatoms. The quantitative estimate of drug-likeness (QED) is 0.0746. The maximum absolute atomic E-state index is 15.0. The van der Waals surface area contributed by atoms with Gasteiger partial charge in [-0.25, -0.2) is 35.1 Å². The monoisotopic (exact) mass is 990 g/mol. The zero-order valence-corrected chi connectivity index (χ0v) is 34.9. The van der Waals surface area contributed by atoms with Gasteiger partial charge in [0.05, 0.1) is 27.8 Å². The van der Waals surface area contributed by atoms with Gasteiger partial charge in [0.15, 0.2) is 46.5 Å². The average Bonchev–Trinajstić information content (AvgIpc) is 4.10. The van der Waals surface area contributed by atoms with Crippen molar-refractivity contribution in [1.29, 1.82) is 21.2 Å². The van der Waals surface area contributed by atoms with Crippen LogP contribution in [0.5, 0.6) is 0 Å². The van der Waals surface area contributed by atoms with Crippen molar-refractivity contribution in [2.24, 2.45) is 0 Å². The molecule has 8 rings (SSSR count). The molecule has 0 bridgehead atoms. The summed E-state index contributed by atoms with van der Waals surface area (Å²) >= 11 is 3.23. The number of nitrogens with one attached hydrogen (secondary N) is 1. The molecular weight excluding hydrogens is 979 g/mol. The van der Waals surface area contributed by atoms with Crippen molar-refractivity contribution in [1.82, 2.24) is 0 Å². The summed E-state index contributed by atoms with van der Waals surface area (Å²) in [6.07, 6.45) is -11.0. The average molecular weight is 991 g/mol. The summed E-state index contributed by atoms with van der Waals surface area (Å²) in [5.74, 6) is -18.4. The van der Waals surface area contributed by atoms with E-state index in [-0.39, 0.29) is 16.0 Å². The van der Waals surface area contributed by atoms with Crippen LogP contribution >= 0.6 is 45.3 Å². The van der Waals surface area contributed by atoms with Crippen molar-refractivity contribution in [3.8, 4) is 37.7 Å².